The summed E-state index contributed by atoms with van der Waals surface area (Å²) in [6.45, 7) is 6.54. The molecule has 0 radical (unpaired) electrons. The van der Waals surface area contributed by atoms with Gasteiger partial charge in [0.1, 0.15) is 0 Å². The Balaban J connectivity index is 2.20. The minimum Gasteiger partial charge on any atom is -0.395 e. The highest BCUT2D eigenvalue weighted by Crippen LogP contribution is 2.18. The summed E-state index contributed by atoms with van der Waals surface area (Å²) >= 11 is 0. The number of anilines is 1. The molecule has 0 saturated carbocycles. The molecule has 1 unspecified atom stereocenters. The van der Waals surface area contributed by atoms with Crippen LogP contribution in [0.5, 0.6) is 0 Å². The summed E-state index contributed by atoms with van der Waals surface area (Å²) in [7, 11) is 2.08. The maximum Gasteiger partial charge on any atom is 0.276 e. The SMILES string of the molecule is Cc1[nH]nc(C(=O)N2CCCN(C)CC2C)c1N. The molecule has 0 aliphatic carbocycles. The maximum atomic E-state index is 12.4. The van der Waals surface area contributed by atoms with Gasteiger partial charge in [-0.05, 0) is 33.9 Å². The molecule has 1 amide bonds. The summed E-state index contributed by atoms with van der Waals surface area (Å²) in [5.41, 5.74) is 7.43. The lowest BCUT2D eigenvalue weighted by Gasteiger charge is -2.27. The van der Waals surface area contributed by atoms with Gasteiger partial charge >= 0.3 is 0 Å². The van der Waals surface area contributed by atoms with Crippen molar-refractivity contribution in [2.45, 2.75) is 26.3 Å². The van der Waals surface area contributed by atoms with Crippen LogP contribution in [0.4, 0.5) is 5.69 Å². The Morgan fingerprint density at radius 1 is 1.50 bits per heavy atom. The van der Waals surface area contributed by atoms with Crippen LogP contribution in [0.25, 0.3) is 0 Å². The lowest BCUT2D eigenvalue weighted by Crippen LogP contribution is -2.42. The number of carbonyl (C=O) groups is 1. The van der Waals surface area contributed by atoms with Gasteiger partial charge in [0, 0.05) is 19.1 Å². The topological polar surface area (TPSA) is 78.2 Å². The molecule has 18 heavy (non-hydrogen) atoms. The van der Waals surface area contributed by atoms with E-state index in [1.54, 1.807) is 0 Å². The number of aryl methyl sites for hydroxylation is 1. The molecule has 0 aromatic carbocycles. The Labute approximate surface area is 107 Å². The van der Waals surface area contributed by atoms with Crippen molar-refractivity contribution in [2.24, 2.45) is 0 Å². The van der Waals surface area contributed by atoms with Crippen LogP contribution in [0.2, 0.25) is 0 Å². The number of nitrogens with two attached hydrogens (primary N) is 1. The minimum absolute atomic E-state index is 0.0698. The van der Waals surface area contributed by atoms with Crippen LogP contribution in [0.15, 0.2) is 0 Å². The van der Waals surface area contributed by atoms with Gasteiger partial charge in [-0.15, -0.1) is 0 Å². The van der Waals surface area contributed by atoms with Gasteiger partial charge in [0.05, 0.1) is 11.4 Å². The number of amides is 1. The fourth-order valence-electron chi connectivity index (χ4n) is 2.41. The highest BCUT2D eigenvalue weighted by Gasteiger charge is 2.28. The molecule has 1 aromatic rings. The van der Waals surface area contributed by atoms with Gasteiger partial charge in [-0.3, -0.25) is 9.89 Å². The number of likely N-dealkylation sites (N-methyl/N-ethyl adjacent to an activating group) is 1. The van der Waals surface area contributed by atoms with Crippen LogP contribution < -0.4 is 5.73 Å². The summed E-state index contributed by atoms with van der Waals surface area (Å²) in [5.74, 6) is -0.0698. The molecule has 0 bridgehead atoms. The Bertz CT molecular complexity index is 442. The number of hydrogen-bond acceptors (Lipinski definition) is 4. The van der Waals surface area contributed by atoms with Crippen molar-refractivity contribution in [1.82, 2.24) is 20.0 Å². The normalized spacial score (nSPS) is 21.9. The second kappa shape index (κ2) is 4.97. The standard InChI is InChI=1S/C12H21N5O/c1-8-7-16(3)5-4-6-17(8)12(18)11-10(13)9(2)14-15-11/h8H,4-7,13H2,1-3H3,(H,14,15). The second-order valence-corrected chi connectivity index (χ2v) is 5.07. The fraction of sp³-hybridized carbons (Fsp3) is 0.667. The molecule has 1 saturated heterocycles. The molecular formula is C12H21N5O. The van der Waals surface area contributed by atoms with Crippen molar-refractivity contribution in [3.63, 3.8) is 0 Å². The number of aromatic amines is 1. The van der Waals surface area contributed by atoms with Crippen molar-refractivity contribution < 1.29 is 4.79 Å². The van der Waals surface area contributed by atoms with Crippen molar-refractivity contribution in [1.29, 1.82) is 0 Å². The lowest BCUT2D eigenvalue weighted by molar-refractivity contribution is 0.0691. The molecule has 2 heterocycles. The molecule has 3 N–H and O–H groups in total. The van der Waals surface area contributed by atoms with Crippen LogP contribution in [-0.4, -0.2) is 58.6 Å². The van der Waals surface area contributed by atoms with E-state index in [9.17, 15) is 4.79 Å². The van der Waals surface area contributed by atoms with Crippen LogP contribution in [0.1, 0.15) is 29.5 Å². The molecule has 1 fully saturated rings. The Morgan fingerprint density at radius 2 is 2.22 bits per heavy atom. The first-order chi connectivity index (χ1) is 8.50. The average Bonchev–Trinajstić information content (AvgIpc) is 2.55. The van der Waals surface area contributed by atoms with E-state index in [4.69, 9.17) is 5.73 Å². The van der Waals surface area contributed by atoms with E-state index >= 15 is 0 Å². The third kappa shape index (κ3) is 2.33. The Hall–Kier alpha value is -1.56. The number of nitrogens with zero attached hydrogens (tertiary/aromatic N) is 3. The first kappa shape index (κ1) is 12.9. The average molecular weight is 251 g/mol. The number of carbonyl (C=O) groups excluding carboxylic acids is 1. The predicted octanol–water partition coefficient (Wildman–Crippen LogP) is 0.467. The molecule has 1 aliphatic rings. The van der Waals surface area contributed by atoms with Gasteiger partial charge in [0.2, 0.25) is 0 Å². The summed E-state index contributed by atoms with van der Waals surface area (Å²) < 4.78 is 0. The minimum atomic E-state index is -0.0698. The molecule has 0 spiro atoms. The van der Waals surface area contributed by atoms with E-state index in [0.29, 0.717) is 11.4 Å². The third-order valence-corrected chi connectivity index (χ3v) is 3.50. The van der Waals surface area contributed by atoms with E-state index in [1.807, 2.05) is 11.8 Å². The first-order valence-electron chi connectivity index (χ1n) is 6.30. The third-order valence-electron chi connectivity index (χ3n) is 3.50. The van der Waals surface area contributed by atoms with Gasteiger partial charge in [-0.1, -0.05) is 0 Å². The van der Waals surface area contributed by atoms with Crippen LogP contribution >= 0.6 is 0 Å². The van der Waals surface area contributed by atoms with Gasteiger partial charge in [0.15, 0.2) is 5.69 Å². The molecule has 6 heteroatoms. The van der Waals surface area contributed by atoms with E-state index in [1.165, 1.54) is 0 Å². The summed E-state index contributed by atoms with van der Waals surface area (Å²) in [6, 6.07) is 0.182. The van der Waals surface area contributed by atoms with Crippen molar-refractivity contribution >= 4 is 11.6 Å². The van der Waals surface area contributed by atoms with Gasteiger partial charge in [-0.25, -0.2) is 0 Å². The quantitative estimate of drug-likeness (QED) is 0.760. The molecular weight excluding hydrogens is 230 g/mol. The first-order valence-corrected chi connectivity index (χ1v) is 6.30. The summed E-state index contributed by atoms with van der Waals surface area (Å²) in [4.78, 5) is 16.6. The van der Waals surface area contributed by atoms with Gasteiger partial charge in [-0.2, -0.15) is 5.10 Å². The number of nitrogen functional groups attached to an aromatic ring is 1. The zero-order chi connectivity index (χ0) is 13.3. The van der Waals surface area contributed by atoms with Crippen LogP contribution in [-0.2, 0) is 0 Å². The number of H-pyrrole nitrogens is 1. The van der Waals surface area contributed by atoms with Gasteiger partial charge in [0.25, 0.3) is 5.91 Å². The lowest BCUT2D eigenvalue weighted by atomic mass is 10.2. The van der Waals surface area contributed by atoms with Crippen LogP contribution in [0.3, 0.4) is 0 Å². The molecule has 1 aliphatic heterocycles. The molecule has 1 atom stereocenters. The number of nitrogens with one attached hydrogen (secondary N) is 1. The van der Waals surface area contributed by atoms with Crippen molar-refractivity contribution in [2.75, 3.05) is 32.4 Å². The highest BCUT2D eigenvalue weighted by atomic mass is 16.2. The molecule has 100 valence electrons. The second-order valence-electron chi connectivity index (χ2n) is 5.07. The molecule has 1 aromatic heterocycles. The van der Waals surface area contributed by atoms with Crippen molar-refractivity contribution in [3.8, 4) is 0 Å². The van der Waals surface area contributed by atoms with E-state index in [-0.39, 0.29) is 11.9 Å². The van der Waals surface area contributed by atoms with E-state index < -0.39 is 0 Å². The smallest absolute Gasteiger partial charge is 0.276 e. The molecule has 6 nitrogen and oxygen atoms in total. The number of aromatic nitrogens is 2. The van der Waals surface area contributed by atoms with E-state index in [2.05, 4.69) is 29.1 Å². The Morgan fingerprint density at radius 3 is 2.83 bits per heavy atom. The highest BCUT2D eigenvalue weighted by molar-refractivity contribution is 5.97. The fourth-order valence-corrected chi connectivity index (χ4v) is 2.41. The zero-order valence-electron chi connectivity index (χ0n) is 11.2. The maximum absolute atomic E-state index is 12.4. The monoisotopic (exact) mass is 251 g/mol. The predicted molar refractivity (Wildman–Crippen MR) is 70.3 cm³/mol. The van der Waals surface area contributed by atoms with Crippen LogP contribution in [0, 0.1) is 6.92 Å². The van der Waals surface area contributed by atoms with Gasteiger partial charge < -0.3 is 15.5 Å². The Kier molecular flexibility index (Phi) is 3.56. The van der Waals surface area contributed by atoms with Crippen molar-refractivity contribution in [3.05, 3.63) is 11.4 Å². The number of rotatable bonds is 1. The summed E-state index contributed by atoms with van der Waals surface area (Å²) in [6.07, 6.45) is 0.982. The number of hydrogen-bond donors (Lipinski definition) is 2. The largest absolute Gasteiger partial charge is 0.395 e. The van der Waals surface area contributed by atoms with E-state index in [0.717, 1.165) is 31.7 Å². The zero-order valence-corrected chi connectivity index (χ0v) is 11.2. The molecule has 2 rings (SSSR count). The summed E-state index contributed by atoms with van der Waals surface area (Å²) in [5, 5.41) is 6.78.